The Kier molecular flexibility index (Phi) is 8.17. The lowest BCUT2D eigenvalue weighted by Crippen LogP contribution is -2.46. The first-order valence-electron chi connectivity index (χ1n) is 7.85. The van der Waals surface area contributed by atoms with Crippen LogP contribution in [0, 0.1) is 0 Å². The van der Waals surface area contributed by atoms with Crippen molar-refractivity contribution in [2.75, 3.05) is 6.54 Å². The Hall–Kier alpha value is -1.84. The average Bonchev–Trinajstić information content (AvgIpc) is 2.52. The minimum absolute atomic E-state index is 0.0798. The van der Waals surface area contributed by atoms with E-state index in [1.54, 1.807) is 12.1 Å². The number of carbonyl (C=O) groups is 2. The quantitative estimate of drug-likeness (QED) is 0.588. The van der Waals surface area contributed by atoms with E-state index in [0.717, 1.165) is 32.1 Å². The second-order valence-electron chi connectivity index (χ2n) is 5.17. The van der Waals surface area contributed by atoms with Gasteiger partial charge >= 0.3 is 0 Å². The van der Waals surface area contributed by atoms with Crippen LogP contribution < -0.4 is 5.43 Å². The van der Waals surface area contributed by atoms with Gasteiger partial charge < -0.3 is 0 Å². The molecule has 1 aromatic rings. The molecule has 0 spiro atoms. The Balaban J connectivity index is 2.62. The summed E-state index contributed by atoms with van der Waals surface area (Å²) in [6.07, 6.45) is 5.30. The van der Waals surface area contributed by atoms with Crippen LogP contribution in [0.15, 0.2) is 30.3 Å². The molecule has 116 valence electrons. The molecule has 0 saturated heterocycles. The van der Waals surface area contributed by atoms with Crippen LogP contribution in [0.4, 0.5) is 0 Å². The van der Waals surface area contributed by atoms with Gasteiger partial charge in [0.05, 0.1) is 0 Å². The smallest absolute Gasteiger partial charge is 0.272 e. The lowest BCUT2D eigenvalue weighted by molar-refractivity contribution is -0.125. The second-order valence-corrected chi connectivity index (χ2v) is 5.17. The van der Waals surface area contributed by atoms with E-state index >= 15 is 0 Å². The van der Waals surface area contributed by atoms with Crippen LogP contribution in [0.1, 0.15) is 62.7 Å². The second kappa shape index (κ2) is 9.97. The number of hydrogen-bond donors (Lipinski definition) is 1. The molecule has 0 unspecified atom stereocenters. The highest BCUT2D eigenvalue weighted by atomic mass is 16.2. The van der Waals surface area contributed by atoms with Gasteiger partial charge in [0.15, 0.2) is 0 Å². The number of nitrogens with zero attached hydrogens (tertiary/aromatic N) is 1. The van der Waals surface area contributed by atoms with Crippen LogP contribution >= 0.6 is 0 Å². The van der Waals surface area contributed by atoms with E-state index in [0.29, 0.717) is 18.5 Å². The molecular weight excluding hydrogens is 264 g/mol. The van der Waals surface area contributed by atoms with Crippen LogP contribution in [0.25, 0.3) is 0 Å². The summed E-state index contributed by atoms with van der Waals surface area (Å²) in [4.78, 5) is 24.3. The summed E-state index contributed by atoms with van der Waals surface area (Å²) in [6, 6.07) is 9.06. The number of amides is 2. The van der Waals surface area contributed by atoms with Gasteiger partial charge in [0.2, 0.25) is 5.91 Å². The molecule has 0 heterocycles. The fraction of sp³-hybridized carbons (Fsp3) is 0.529. The Bertz CT molecular complexity index is 432. The molecule has 21 heavy (non-hydrogen) atoms. The monoisotopic (exact) mass is 290 g/mol. The van der Waals surface area contributed by atoms with E-state index in [-0.39, 0.29) is 11.8 Å². The van der Waals surface area contributed by atoms with Crippen molar-refractivity contribution in [2.45, 2.75) is 52.4 Å². The number of carbonyl (C=O) groups excluding carboxylic acids is 2. The van der Waals surface area contributed by atoms with Crippen molar-refractivity contribution >= 4 is 11.8 Å². The maximum absolute atomic E-state index is 12.4. The molecule has 0 bridgehead atoms. The normalized spacial score (nSPS) is 10.2. The molecule has 0 aliphatic heterocycles. The average molecular weight is 290 g/mol. The lowest BCUT2D eigenvalue weighted by atomic mass is 10.2. The third-order valence-electron chi connectivity index (χ3n) is 3.27. The van der Waals surface area contributed by atoms with Crippen molar-refractivity contribution in [1.82, 2.24) is 10.4 Å². The number of nitrogens with one attached hydrogen (secondary N) is 1. The Morgan fingerprint density at radius 3 is 2.29 bits per heavy atom. The molecule has 4 heteroatoms. The molecular formula is C17H26N2O2. The van der Waals surface area contributed by atoms with Gasteiger partial charge in [-0.2, -0.15) is 0 Å². The maximum Gasteiger partial charge on any atom is 0.272 e. The predicted molar refractivity (Wildman–Crippen MR) is 84.7 cm³/mol. The molecule has 0 radical (unpaired) electrons. The Labute approximate surface area is 127 Å². The number of unbranched alkanes of at least 4 members (excludes halogenated alkanes) is 3. The molecule has 0 saturated carbocycles. The first-order valence-corrected chi connectivity index (χ1v) is 7.85. The first-order chi connectivity index (χ1) is 10.2. The molecule has 2 amide bonds. The lowest BCUT2D eigenvalue weighted by Gasteiger charge is -2.23. The molecule has 1 rings (SSSR count). The van der Waals surface area contributed by atoms with Gasteiger partial charge in [0, 0.05) is 18.5 Å². The van der Waals surface area contributed by atoms with Crippen LogP contribution in [-0.4, -0.2) is 23.4 Å². The standard InChI is InChI=1S/C17H26N2O2/c1-3-5-8-13-16(20)18-19(14-6-4-2)17(21)15-11-9-7-10-12-15/h7,9-12H,3-6,8,13-14H2,1-2H3,(H,18,20). The van der Waals surface area contributed by atoms with Crippen molar-refractivity contribution in [3.05, 3.63) is 35.9 Å². The van der Waals surface area contributed by atoms with E-state index in [1.807, 2.05) is 18.2 Å². The maximum atomic E-state index is 12.4. The number of benzene rings is 1. The van der Waals surface area contributed by atoms with Gasteiger partial charge in [0.25, 0.3) is 5.91 Å². The summed E-state index contributed by atoms with van der Waals surface area (Å²) in [5.41, 5.74) is 3.35. The summed E-state index contributed by atoms with van der Waals surface area (Å²) in [7, 11) is 0. The number of rotatable bonds is 8. The van der Waals surface area contributed by atoms with Gasteiger partial charge in [-0.05, 0) is 25.0 Å². The SMILES string of the molecule is CCCCCC(=O)NN(CCCC)C(=O)c1ccccc1. The fourth-order valence-electron chi connectivity index (χ4n) is 2.00. The van der Waals surface area contributed by atoms with Gasteiger partial charge in [-0.15, -0.1) is 0 Å². The summed E-state index contributed by atoms with van der Waals surface area (Å²) < 4.78 is 0. The Morgan fingerprint density at radius 2 is 1.67 bits per heavy atom. The third kappa shape index (κ3) is 6.43. The summed E-state index contributed by atoms with van der Waals surface area (Å²) in [6.45, 7) is 4.71. The molecule has 0 aliphatic rings. The van der Waals surface area contributed by atoms with E-state index < -0.39 is 0 Å². The van der Waals surface area contributed by atoms with Crippen molar-refractivity contribution in [1.29, 1.82) is 0 Å². The minimum atomic E-state index is -0.145. The minimum Gasteiger partial charge on any atom is -0.273 e. The van der Waals surface area contributed by atoms with E-state index in [9.17, 15) is 9.59 Å². The van der Waals surface area contributed by atoms with Crippen LogP contribution in [-0.2, 0) is 4.79 Å². The van der Waals surface area contributed by atoms with Crippen LogP contribution in [0.3, 0.4) is 0 Å². The van der Waals surface area contributed by atoms with Crippen molar-refractivity contribution in [3.8, 4) is 0 Å². The number of hydrazine groups is 1. The van der Waals surface area contributed by atoms with Crippen molar-refractivity contribution in [2.24, 2.45) is 0 Å². The van der Waals surface area contributed by atoms with Crippen molar-refractivity contribution < 1.29 is 9.59 Å². The molecule has 0 fully saturated rings. The zero-order valence-corrected chi connectivity index (χ0v) is 13.1. The zero-order valence-electron chi connectivity index (χ0n) is 13.1. The highest BCUT2D eigenvalue weighted by Crippen LogP contribution is 2.05. The van der Waals surface area contributed by atoms with Gasteiger partial charge in [-0.1, -0.05) is 51.3 Å². The van der Waals surface area contributed by atoms with E-state index in [1.165, 1.54) is 5.01 Å². The zero-order chi connectivity index (χ0) is 15.5. The third-order valence-corrected chi connectivity index (χ3v) is 3.27. The van der Waals surface area contributed by atoms with E-state index in [4.69, 9.17) is 0 Å². The molecule has 0 aliphatic carbocycles. The summed E-state index contributed by atoms with van der Waals surface area (Å²) in [5.74, 6) is -0.225. The van der Waals surface area contributed by atoms with E-state index in [2.05, 4.69) is 19.3 Å². The summed E-state index contributed by atoms with van der Waals surface area (Å²) >= 11 is 0. The topological polar surface area (TPSA) is 49.4 Å². The molecule has 1 N–H and O–H groups in total. The molecule has 0 aromatic heterocycles. The molecule has 0 atom stereocenters. The highest BCUT2D eigenvalue weighted by molar-refractivity contribution is 5.95. The predicted octanol–water partition coefficient (Wildman–Crippen LogP) is 3.54. The number of hydrogen-bond acceptors (Lipinski definition) is 2. The highest BCUT2D eigenvalue weighted by Gasteiger charge is 2.17. The van der Waals surface area contributed by atoms with Crippen molar-refractivity contribution in [3.63, 3.8) is 0 Å². The van der Waals surface area contributed by atoms with Gasteiger partial charge in [0.1, 0.15) is 0 Å². The van der Waals surface area contributed by atoms with Crippen LogP contribution in [0.2, 0.25) is 0 Å². The van der Waals surface area contributed by atoms with Gasteiger partial charge in [-0.25, -0.2) is 0 Å². The summed E-state index contributed by atoms with van der Waals surface area (Å²) in [5, 5.41) is 1.45. The molecule has 1 aromatic carbocycles. The first kappa shape index (κ1) is 17.2. The van der Waals surface area contributed by atoms with Crippen LogP contribution in [0.5, 0.6) is 0 Å². The van der Waals surface area contributed by atoms with Gasteiger partial charge in [-0.3, -0.25) is 20.0 Å². The largest absolute Gasteiger partial charge is 0.273 e. The Morgan fingerprint density at radius 1 is 1.00 bits per heavy atom. The fourth-order valence-corrected chi connectivity index (χ4v) is 2.00. The molecule has 4 nitrogen and oxygen atoms in total.